The van der Waals surface area contributed by atoms with Gasteiger partial charge < -0.3 is 10.1 Å². The first-order valence-corrected chi connectivity index (χ1v) is 8.35. The molecule has 0 spiro atoms. The van der Waals surface area contributed by atoms with Gasteiger partial charge in [-0.2, -0.15) is 0 Å². The minimum Gasteiger partial charge on any atom is -0.460 e. The summed E-state index contributed by atoms with van der Waals surface area (Å²) in [5.74, 6) is -0.429. The zero-order chi connectivity index (χ0) is 17.8. The molecule has 0 aromatic heterocycles. The molecule has 0 bridgehead atoms. The van der Waals surface area contributed by atoms with Crippen LogP contribution in [0.25, 0.3) is 11.1 Å². The topological polar surface area (TPSA) is 55.4 Å². The SMILES string of the molecule is C=C(C)C(=O)OCCNC(=O)CC1c2ccccc2-c2ccccc21. The molecule has 128 valence electrons. The maximum absolute atomic E-state index is 12.3. The molecule has 4 heteroatoms. The third-order valence-corrected chi connectivity index (χ3v) is 4.36. The van der Waals surface area contributed by atoms with E-state index in [2.05, 4.69) is 36.2 Å². The fraction of sp³-hybridized carbons (Fsp3) is 0.238. The van der Waals surface area contributed by atoms with E-state index in [1.54, 1.807) is 6.92 Å². The van der Waals surface area contributed by atoms with E-state index in [0.29, 0.717) is 18.5 Å². The molecule has 3 rings (SSSR count). The molecule has 2 aromatic carbocycles. The van der Waals surface area contributed by atoms with Crippen LogP contribution in [0.5, 0.6) is 0 Å². The van der Waals surface area contributed by atoms with Crippen LogP contribution in [0.1, 0.15) is 30.4 Å². The van der Waals surface area contributed by atoms with Crippen LogP contribution >= 0.6 is 0 Å². The zero-order valence-corrected chi connectivity index (χ0v) is 14.2. The Morgan fingerprint density at radius 3 is 2.16 bits per heavy atom. The summed E-state index contributed by atoms with van der Waals surface area (Å²) in [6.45, 7) is 5.56. The summed E-state index contributed by atoms with van der Waals surface area (Å²) in [5.41, 5.74) is 5.13. The number of benzene rings is 2. The molecule has 0 saturated heterocycles. The lowest BCUT2D eigenvalue weighted by molar-refractivity contribution is -0.139. The second-order valence-corrected chi connectivity index (χ2v) is 6.20. The lowest BCUT2D eigenvalue weighted by atomic mass is 9.93. The number of carbonyl (C=O) groups is 2. The van der Waals surface area contributed by atoms with Crippen molar-refractivity contribution in [2.75, 3.05) is 13.2 Å². The molecule has 1 N–H and O–H groups in total. The first kappa shape index (κ1) is 17.0. The molecule has 0 heterocycles. The molecular weight excluding hydrogens is 314 g/mol. The Morgan fingerprint density at radius 1 is 1.04 bits per heavy atom. The number of nitrogens with one attached hydrogen (secondary N) is 1. The minimum absolute atomic E-state index is 0.0529. The van der Waals surface area contributed by atoms with Gasteiger partial charge in [0.1, 0.15) is 6.61 Å². The molecular formula is C21H21NO3. The summed E-state index contributed by atoms with van der Waals surface area (Å²) in [4.78, 5) is 23.6. The van der Waals surface area contributed by atoms with E-state index in [1.807, 2.05) is 24.3 Å². The van der Waals surface area contributed by atoms with Crippen molar-refractivity contribution >= 4 is 11.9 Å². The van der Waals surface area contributed by atoms with E-state index < -0.39 is 5.97 Å². The number of hydrogen-bond acceptors (Lipinski definition) is 3. The van der Waals surface area contributed by atoms with Gasteiger partial charge in [-0.15, -0.1) is 0 Å². The highest BCUT2D eigenvalue weighted by atomic mass is 16.5. The van der Waals surface area contributed by atoms with Crippen molar-refractivity contribution in [1.29, 1.82) is 0 Å². The van der Waals surface area contributed by atoms with Gasteiger partial charge in [-0.1, -0.05) is 55.1 Å². The fourth-order valence-electron chi connectivity index (χ4n) is 3.19. The molecule has 0 unspecified atom stereocenters. The summed E-state index contributed by atoms with van der Waals surface area (Å²) in [5, 5.41) is 2.82. The number of carbonyl (C=O) groups excluding carboxylic acids is 2. The van der Waals surface area contributed by atoms with E-state index >= 15 is 0 Å². The first-order valence-electron chi connectivity index (χ1n) is 8.35. The maximum atomic E-state index is 12.3. The lowest BCUT2D eigenvalue weighted by Crippen LogP contribution is -2.29. The van der Waals surface area contributed by atoms with Crippen molar-refractivity contribution in [2.45, 2.75) is 19.3 Å². The van der Waals surface area contributed by atoms with Crippen molar-refractivity contribution < 1.29 is 14.3 Å². The first-order chi connectivity index (χ1) is 12.1. The van der Waals surface area contributed by atoms with Crippen LogP contribution in [0.3, 0.4) is 0 Å². The summed E-state index contributed by atoms with van der Waals surface area (Å²) >= 11 is 0. The predicted octanol–water partition coefficient (Wildman–Crippen LogP) is 3.42. The Kier molecular flexibility index (Phi) is 4.98. The molecule has 0 fully saturated rings. The van der Waals surface area contributed by atoms with Crippen LogP contribution in [0, 0.1) is 0 Å². The third kappa shape index (κ3) is 3.63. The van der Waals surface area contributed by atoms with Crippen LogP contribution in [-0.2, 0) is 14.3 Å². The average molecular weight is 335 g/mol. The van der Waals surface area contributed by atoms with Crippen LogP contribution in [0.4, 0.5) is 0 Å². The molecule has 0 radical (unpaired) electrons. The highest BCUT2D eigenvalue weighted by Gasteiger charge is 2.29. The molecule has 1 amide bonds. The number of rotatable bonds is 6. The van der Waals surface area contributed by atoms with Crippen LogP contribution in [-0.4, -0.2) is 25.0 Å². The standard InChI is InChI=1S/C21H21NO3/c1-14(2)21(24)25-12-11-22-20(23)13-19-17-9-5-3-7-15(17)16-8-4-6-10-18(16)19/h3-10,19H,1,11-13H2,2H3,(H,22,23). The summed E-state index contributed by atoms with van der Waals surface area (Å²) in [6, 6.07) is 16.4. The number of amides is 1. The number of ether oxygens (including phenoxy) is 1. The molecule has 4 nitrogen and oxygen atoms in total. The van der Waals surface area contributed by atoms with Gasteiger partial charge in [0.15, 0.2) is 0 Å². The number of esters is 1. The van der Waals surface area contributed by atoms with E-state index in [4.69, 9.17) is 4.74 Å². The third-order valence-electron chi connectivity index (χ3n) is 4.36. The minimum atomic E-state index is -0.437. The van der Waals surface area contributed by atoms with E-state index in [1.165, 1.54) is 22.3 Å². The lowest BCUT2D eigenvalue weighted by Gasteiger charge is -2.13. The van der Waals surface area contributed by atoms with Crippen molar-refractivity contribution in [3.05, 3.63) is 71.8 Å². The highest BCUT2D eigenvalue weighted by molar-refractivity contribution is 5.87. The second kappa shape index (κ2) is 7.34. The Bertz CT molecular complexity index is 780. The number of fused-ring (bicyclic) bond motifs is 3. The van der Waals surface area contributed by atoms with Gasteiger partial charge in [-0.25, -0.2) is 4.79 Å². The largest absolute Gasteiger partial charge is 0.460 e. The van der Waals surface area contributed by atoms with Gasteiger partial charge in [-0.05, 0) is 29.2 Å². The van der Waals surface area contributed by atoms with E-state index in [0.717, 1.165) is 0 Å². The van der Waals surface area contributed by atoms with Crippen molar-refractivity contribution in [3.8, 4) is 11.1 Å². The van der Waals surface area contributed by atoms with Crippen LogP contribution < -0.4 is 5.32 Å². The summed E-state index contributed by atoms with van der Waals surface area (Å²) in [6.07, 6.45) is 0.377. The fourth-order valence-corrected chi connectivity index (χ4v) is 3.19. The molecule has 0 saturated carbocycles. The van der Waals surface area contributed by atoms with Gasteiger partial charge in [0.2, 0.25) is 5.91 Å². The molecule has 0 aliphatic heterocycles. The highest BCUT2D eigenvalue weighted by Crippen LogP contribution is 2.45. The predicted molar refractivity (Wildman–Crippen MR) is 97.1 cm³/mol. The van der Waals surface area contributed by atoms with Gasteiger partial charge in [0, 0.05) is 17.9 Å². The maximum Gasteiger partial charge on any atom is 0.333 e. The summed E-state index contributed by atoms with van der Waals surface area (Å²) < 4.78 is 4.98. The van der Waals surface area contributed by atoms with E-state index in [-0.39, 0.29) is 18.4 Å². The van der Waals surface area contributed by atoms with Crippen molar-refractivity contribution in [2.24, 2.45) is 0 Å². The Morgan fingerprint density at radius 2 is 1.60 bits per heavy atom. The quantitative estimate of drug-likeness (QED) is 0.500. The number of hydrogen-bond donors (Lipinski definition) is 1. The zero-order valence-electron chi connectivity index (χ0n) is 14.2. The smallest absolute Gasteiger partial charge is 0.333 e. The second-order valence-electron chi connectivity index (χ2n) is 6.20. The van der Waals surface area contributed by atoms with Crippen molar-refractivity contribution in [3.63, 3.8) is 0 Å². The monoisotopic (exact) mass is 335 g/mol. The average Bonchev–Trinajstić information content (AvgIpc) is 2.93. The summed E-state index contributed by atoms with van der Waals surface area (Å²) in [7, 11) is 0. The Labute approximate surface area is 147 Å². The molecule has 1 aliphatic rings. The van der Waals surface area contributed by atoms with Gasteiger partial charge in [0.05, 0.1) is 6.54 Å². The normalized spacial score (nSPS) is 12.2. The molecule has 1 aliphatic carbocycles. The van der Waals surface area contributed by atoms with Gasteiger partial charge in [0.25, 0.3) is 0 Å². The van der Waals surface area contributed by atoms with Crippen molar-refractivity contribution in [1.82, 2.24) is 5.32 Å². The Balaban J connectivity index is 1.62. The van der Waals surface area contributed by atoms with Gasteiger partial charge in [-0.3, -0.25) is 4.79 Å². The Hall–Kier alpha value is -2.88. The molecule has 25 heavy (non-hydrogen) atoms. The van der Waals surface area contributed by atoms with Crippen LogP contribution in [0.2, 0.25) is 0 Å². The molecule has 2 aromatic rings. The van der Waals surface area contributed by atoms with E-state index in [9.17, 15) is 9.59 Å². The van der Waals surface area contributed by atoms with Crippen LogP contribution in [0.15, 0.2) is 60.7 Å². The molecule has 0 atom stereocenters. The van der Waals surface area contributed by atoms with Gasteiger partial charge >= 0.3 is 5.97 Å².